The lowest BCUT2D eigenvalue weighted by atomic mass is 10.0. The molecule has 590 valence electrons. The number of phosphoric acid groups is 2. The molecular weight excluding hydrogens is 1330 g/mol. The van der Waals surface area contributed by atoms with Gasteiger partial charge in [-0.3, -0.25) is 37.3 Å². The van der Waals surface area contributed by atoms with E-state index in [0.29, 0.717) is 25.7 Å². The third kappa shape index (κ3) is 74.3. The Balaban J connectivity index is 5.35. The van der Waals surface area contributed by atoms with Gasteiger partial charge in [-0.15, -0.1) is 0 Å². The number of unbranched alkanes of at least 4 members (excludes halogenated alkanes) is 34. The minimum Gasteiger partial charge on any atom is -0.462 e. The second-order valence-electron chi connectivity index (χ2n) is 27.0. The summed E-state index contributed by atoms with van der Waals surface area (Å²) >= 11 is 0. The highest BCUT2D eigenvalue weighted by Crippen LogP contribution is 2.45. The number of hydrogen-bond acceptors (Lipinski definition) is 15. The molecule has 0 aliphatic carbocycles. The quantitative estimate of drug-likeness (QED) is 0.0169. The predicted molar refractivity (Wildman–Crippen MR) is 418 cm³/mol. The van der Waals surface area contributed by atoms with Crippen LogP contribution >= 0.6 is 15.6 Å². The van der Waals surface area contributed by atoms with E-state index in [-0.39, 0.29) is 25.7 Å². The maximum absolute atomic E-state index is 13.1. The van der Waals surface area contributed by atoms with Gasteiger partial charge in [0.1, 0.15) is 19.3 Å². The fourth-order valence-electron chi connectivity index (χ4n) is 10.9. The molecule has 3 N–H and O–H groups in total. The first-order valence-corrected chi connectivity index (χ1v) is 43.5. The van der Waals surface area contributed by atoms with Crippen LogP contribution in [0.25, 0.3) is 0 Å². The van der Waals surface area contributed by atoms with Crippen LogP contribution in [0.2, 0.25) is 0 Å². The van der Waals surface area contributed by atoms with Crippen molar-refractivity contribution in [2.24, 2.45) is 0 Å². The van der Waals surface area contributed by atoms with Crippen molar-refractivity contribution in [3.8, 4) is 0 Å². The lowest BCUT2D eigenvalue weighted by Gasteiger charge is -2.21. The number of rotatable bonds is 76. The lowest BCUT2D eigenvalue weighted by Crippen LogP contribution is -2.30. The highest BCUT2D eigenvalue weighted by Gasteiger charge is 2.30. The van der Waals surface area contributed by atoms with Gasteiger partial charge in [0, 0.05) is 25.7 Å². The number of allylic oxidation sites excluding steroid dienone is 16. The molecule has 5 unspecified atom stereocenters. The number of carbonyl (C=O) groups is 4. The van der Waals surface area contributed by atoms with E-state index >= 15 is 0 Å². The van der Waals surface area contributed by atoms with Crippen molar-refractivity contribution in [1.82, 2.24) is 0 Å². The van der Waals surface area contributed by atoms with Gasteiger partial charge in [0.25, 0.3) is 0 Å². The van der Waals surface area contributed by atoms with Crippen LogP contribution in [0.3, 0.4) is 0 Å². The monoisotopic (exact) mass is 1480 g/mol. The highest BCUT2D eigenvalue weighted by atomic mass is 31.2. The SMILES string of the molecule is CC/C=C\C/C=C\C/C=C\C/C=C\CCCCCCCCC(=O)OCC(COP(=O)(O)OCC(O)COP(=O)(O)OCC(COC(=O)CCCCCCC/C=C\C/C=C\C/C=C\CC)OC(=O)CCCCCCCCCCCCCCC)OC(=O)CCCCCCC/C=C\CCCCCCCC. The number of ether oxygens (including phenoxy) is 4. The van der Waals surface area contributed by atoms with Crippen LogP contribution in [0.5, 0.6) is 0 Å². The van der Waals surface area contributed by atoms with E-state index in [0.717, 1.165) is 180 Å². The topological polar surface area (TPSA) is 237 Å². The molecular formula is C83H146O17P2. The minimum atomic E-state index is -4.98. The molecule has 0 saturated carbocycles. The average Bonchev–Trinajstić information content (AvgIpc) is 0.924. The minimum absolute atomic E-state index is 0.0824. The summed E-state index contributed by atoms with van der Waals surface area (Å²) in [4.78, 5) is 73.0. The first kappa shape index (κ1) is 98.0. The molecule has 0 amide bonds. The van der Waals surface area contributed by atoms with Crippen molar-refractivity contribution in [3.05, 3.63) is 97.2 Å². The van der Waals surface area contributed by atoms with Gasteiger partial charge in [0.05, 0.1) is 26.4 Å². The van der Waals surface area contributed by atoms with Crippen molar-refractivity contribution in [1.29, 1.82) is 0 Å². The Hall–Kier alpha value is -4.02. The summed E-state index contributed by atoms with van der Waals surface area (Å²) in [6.07, 6.45) is 79.5. The van der Waals surface area contributed by atoms with Gasteiger partial charge in [0.2, 0.25) is 0 Å². The largest absolute Gasteiger partial charge is 0.472 e. The summed E-state index contributed by atoms with van der Waals surface area (Å²) in [5.74, 6) is -2.20. The van der Waals surface area contributed by atoms with Crippen molar-refractivity contribution < 1.29 is 80.2 Å². The molecule has 0 heterocycles. The standard InChI is InChI=1S/C83H146O17P2/c1-5-9-13-17-21-25-29-33-36-37-38-39-42-45-48-52-56-60-64-68-81(86)94-74-79(100-83(88)70-66-62-58-54-50-46-41-35-31-27-23-19-15-11-7-3)76-98-102(91,92)96-72-77(84)71-95-101(89,90)97-75-78(99-82(87)69-65-61-57-53-49-43-32-28-24-20-16-12-8-4)73-93-80(85)67-63-59-55-51-47-44-40-34-30-26-22-18-14-10-6-2/h9-10,13-14,21-22,25-26,33-36,38-41,77-79,84H,5-8,11-12,15-20,23-24,27-32,37,42-76H2,1-4H3,(H,89,90)(H,91,92)/b13-9-,14-10-,25-21-,26-22-,36-33-,39-38-,40-34-,41-35-. The Morgan fingerprint density at radius 3 is 0.794 bits per heavy atom. The summed E-state index contributed by atoms with van der Waals surface area (Å²) in [7, 11) is -9.96. The molecule has 0 rings (SSSR count). The van der Waals surface area contributed by atoms with E-state index in [1.165, 1.54) is 89.9 Å². The van der Waals surface area contributed by atoms with Crippen LogP contribution in [0, 0.1) is 0 Å². The Morgan fingerprint density at radius 2 is 0.510 bits per heavy atom. The highest BCUT2D eigenvalue weighted by molar-refractivity contribution is 7.47. The van der Waals surface area contributed by atoms with Crippen LogP contribution in [0.4, 0.5) is 0 Å². The van der Waals surface area contributed by atoms with Crippen LogP contribution in [0.15, 0.2) is 97.2 Å². The normalized spacial score (nSPS) is 14.4. The van der Waals surface area contributed by atoms with Crippen molar-refractivity contribution in [2.75, 3.05) is 39.6 Å². The molecule has 0 aromatic heterocycles. The zero-order chi connectivity index (χ0) is 74.6. The second-order valence-corrected chi connectivity index (χ2v) is 29.9. The molecule has 0 radical (unpaired) electrons. The molecule has 0 aromatic rings. The summed E-state index contributed by atoms with van der Waals surface area (Å²) in [5.41, 5.74) is 0. The summed E-state index contributed by atoms with van der Waals surface area (Å²) < 4.78 is 68.6. The van der Waals surface area contributed by atoms with Crippen LogP contribution < -0.4 is 0 Å². The Morgan fingerprint density at radius 1 is 0.284 bits per heavy atom. The van der Waals surface area contributed by atoms with Gasteiger partial charge in [-0.05, 0) is 122 Å². The lowest BCUT2D eigenvalue weighted by molar-refractivity contribution is -0.161. The Labute approximate surface area is 620 Å². The van der Waals surface area contributed by atoms with E-state index in [4.69, 9.17) is 37.0 Å². The number of aliphatic hydroxyl groups excluding tert-OH is 1. The third-order valence-corrected chi connectivity index (χ3v) is 18.9. The van der Waals surface area contributed by atoms with Crippen LogP contribution in [-0.4, -0.2) is 96.7 Å². The van der Waals surface area contributed by atoms with Crippen molar-refractivity contribution in [3.63, 3.8) is 0 Å². The van der Waals surface area contributed by atoms with Crippen molar-refractivity contribution >= 4 is 39.5 Å². The van der Waals surface area contributed by atoms with E-state index in [1.54, 1.807) is 0 Å². The van der Waals surface area contributed by atoms with Crippen LogP contribution in [0.1, 0.15) is 349 Å². The summed E-state index contributed by atoms with van der Waals surface area (Å²) in [6, 6.07) is 0. The van der Waals surface area contributed by atoms with E-state index < -0.39 is 97.5 Å². The molecule has 0 aliphatic rings. The number of phosphoric ester groups is 2. The first-order chi connectivity index (χ1) is 49.7. The molecule has 17 nitrogen and oxygen atoms in total. The van der Waals surface area contributed by atoms with Gasteiger partial charge < -0.3 is 33.8 Å². The molecule has 102 heavy (non-hydrogen) atoms. The summed E-state index contributed by atoms with van der Waals surface area (Å²) in [6.45, 7) is 4.65. The van der Waals surface area contributed by atoms with Gasteiger partial charge in [-0.2, -0.15) is 0 Å². The fourth-order valence-corrected chi connectivity index (χ4v) is 12.5. The maximum Gasteiger partial charge on any atom is 0.472 e. The molecule has 0 spiro atoms. The van der Waals surface area contributed by atoms with Gasteiger partial charge in [-0.25, -0.2) is 9.13 Å². The van der Waals surface area contributed by atoms with Gasteiger partial charge in [0.15, 0.2) is 12.2 Å². The molecule has 0 aromatic carbocycles. The van der Waals surface area contributed by atoms with Gasteiger partial charge >= 0.3 is 39.5 Å². The first-order valence-electron chi connectivity index (χ1n) is 40.5. The third-order valence-electron chi connectivity index (χ3n) is 17.0. The molecule has 0 saturated heterocycles. The summed E-state index contributed by atoms with van der Waals surface area (Å²) in [5, 5.41) is 10.6. The molecule has 5 atom stereocenters. The smallest absolute Gasteiger partial charge is 0.462 e. The molecule has 0 fully saturated rings. The molecule has 19 heteroatoms. The Bertz CT molecular complexity index is 2310. The van der Waals surface area contributed by atoms with E-state index in [2.05, 4.69) is 125 Å². The molecule has 0 bridgehead atoms. The van der Waals surface area contributed by atoms with Crippen molar-refractivity contribution in [2.45, 2.75) is 367 Å². The maximum atomic E-state index is 13.1. The van der Waals surface area contributed by atoms with E-state index in [9.17, 15) is 43.2 Å². The number of carbonyl (C=O) groups excluding carboxylic acids is 4. The Kier molecular flexibility index (Phi) is 72.3. The zero-order valence-electron chi connectivity index (χ0n) is 64.5. The van der Waals surface area contributed by atoms with Crippen LogP contribution in [-0.2, 0) is 65.4 Å². The average molecular weight is 1480 g/mol. The predicted octanol–water partition coefficient (Wildman–Crippen LogP) is 23.6. The zero-order valence-corrected chi connectivity index (χ0v) is 66.3. The number of esters is 4. The molecule has 0 aliphatic heterocycles. The fraction of sp³-hybridized carbons (Fsp3) is 0.759. The number of aliphatic hydroxyl groups is 1. The van der Waals surface area contributed by atoms with Gasteiger partial charge in [-0.1, -0.05) is 298 Å². The van der Waals surface area contributed by atoms with E-state index in [1.807, 2.05) is 0 Å². The second kappa shape index (κ2) is 75.2. The number of hydrogen-bond donors (Lipinski definition) is 3.